The van der Waals surface area contributed by atoms with Crippen molar-refractivity contribution in [1.82, 2.24) is 0 Å². The third kappa shape index (κ3) is 19.8. The van der Waals surface area contributed by atoms with Gasteiger partial charge in [-0.15, -0.1) is 0 Å². The number of unbranched alkanes of at least 4 members (excludes halogenated alkanes) is 21. The summed E-state index contributed by atoms with van der Waals surface area (Å²) in [7, 11) is 0. The second-order valence-electron chi connectivity index (χ2n) is 13.5. The van der Waals surface area contributed by atoms with Crippen molar-refractivity contribution < 1.29 is 0 Å². The molecule has 2 rings (SSSR count). The van der Waals surface area contributed by atoms with E-state index in [1.165, 1.54) is 140 Å². The molecule has 0 atom stereocenters. The summed E-state index contributed by atoms with van der Waals surface area (Å²) in [6.07, 6.45) is 32.2. The highest BCUT2D eigenvalue weighted by atomic mass is 14.8. The molecule has 2 aromatic carbocycles. The number of benzene rings is 2. The van der Waals surface area contributed by atoms with Gasteiger partial charge >= 0.3 is 0 Å². The van der Waals surface area contributed by atoms with E-state index in [9.17, 15) is 0 Å². The van der Waals surface area contributed by atoms with Crippen molar-refractivity contribution in [2.75, 3.05) is 0 Å². The molecule has 2 nitrogen and oxygen atoms in total. The summed E-state index contributed by atoms with van der Waals surface area (Å²) < 4.78 is 0. The first-order valence-electron chi connectivity index (χ1n) is 19.4. The minimum atomic E-state index is 0.828. The van der Waals surface area contributed by atoms with Crippen molar-refractivity contribution in [1.29, 1.82) is 0 Å². The summed E-state index contributed by atoms with van der Waals surface area (Å²) >= 11 is 0. The minimum absolute atomic E-state index is 0.828. The molecule has 0 N–H and O–H groups in total. The zero-order chi connectivity index (χ0) is 32.9. The zero-order valence-corrected chi connectivity index (χ0v) is 30.5. The van der Waals surface area contributed by atoms with E-state index in [2.05, 4.69) is 69.9 Å². The molecule has 0 aliphatic rings. The Kier molecular flexibility index (Phi) is 23.6. The van der Waals surface area contributed by atoms with Crippen LogP contribution in [0.15, 0.2) is 58.5 Å². The Bertz CT molecular complexity index is 1150. The third-order valence-electron chi connectivity index (χ3n) is 9.15. The molecule has 46 heavy (non-hydrogen) atoms. The highest BCUT2D eigenvalue weighted by molar-refractivity contribution is 6.49. The molecule has 0 bridgehead atoms. The largest absolute Gasteiger partial charge is 0.251 e. The Morgan fingerprint density at radius 3 is 1.50 bits per heavy atom. The van der Waals surface area contributed by atoms with Gasteiger partial charge < -0.3 is 0 Å². The molecule has 0 heterocycles. The molecule has 0 amide bonds. The highest BCUT2D eigenvalue weighted by Crippen LogP contribution is 2.20. The number of nitrogens with zero attached hydrogens (tertiary/aromatic N) is 2. The van der Waals surface area contributed by atoms with Crippen molar-refractivity contribution in [3.8, 4) is 11.8 Å². The second-order valence-corrected chi connectivity index (χ2v) is 13.5. The Balaban J connectivity index is 1.66. The second kappa shape index (κ2) is 27.5. The fourth-order valence-electron chi connectivity index (χ4n) is 5.93. The van der Waals surface area contributed by atoms with Crippen LogP contribution in [0.2, 0.25) is 0 Å². The Labute approximate surface area is 285 Å². The van der Waals surface area contributed by atoms with Gasteiger partial charge in [0.1, 0.15) is 5.71 Å². The average molecular weight is 625 g/mol. The summed E-state index contributed by atoms with van der Waals surface area (Å²) in [5.41, 5.74) is 6.31. The molecule has 0 aliphatic heterocycles. The first kappa shape index (κ1) is 39.5. The maximum atomic E-state index is 5.05. The van der Waals surface area contributed by atoms with Crippen LogP contribution in [0.3, 0.4) is 0 Å². The van der Waals surface area contributed by atoms with Gasteiger partial charge in [0.05, 0.1) is 17.1 Å². The van der Waals surface area contributed by atoms with E-state index >= 15 is 0 Å². The lowest BCUT2D eigenvalue weighted by atomic mass is 10.0. The van der Waals surface area contributed by atoms with Gasteiger partial charge in [-0.3, -0.25) is 4.99 Å². The summed E-state index contributed by atoms with van der Waals surface area (Å²) in [5.74, 6) is 6.93. The van der Waals surface area contributed by atoms with Gasteiger partial charge in [0.2, 0.25) is 0 Å². The lowest BCUT2D eigenvalue weighted by Gasteiger charge is -2.07. The predicted octanol–water partition coefficient (Wildman–Crippen LogP) is 14.6. The van der Waals surface area contributed by atoms with E-state index in [1.807, 2.05) is 18.2 Å². The predicted molar refractivity (Wildman–Crippen MR) is 206 cm³/mol. The van der Waals surface area contributed by atoms with Gasteiger partial charge in [0, 0.05) is 6.42 Å². The maximum Gasteiger partial charge on any atom is 0.135 e. The van der Waals surface area contributed by atoms with E-state index in [1.54, 1.807) is 0 Å². The number of hydrogen-bond acceptors (Lipinski definition) is 2. The number of aliphatic imine (C=N–C) groups is 2. The number of hydrogen-bond donors (Lipinski definition) is 0. The quantitative estimate of drug-likeness (QED) is 0.0565. The van der Waals surface area contributed by atoms with Crippen LogP contribution in [-0.2, 0) is 0 Å². The molecule has 0 aromatic heterocycles. The summed E-state index contributed by atoms with van der Waals surface area (Å²) in [6, 6.07) is 16.7. The molecule has 0 aliphatic carbocycles. The molecule has 0 fully saturated rings. The Morgan fingerprint density at radius 1 is 0.500 bits per heavy atom. The molecule has 2 heteroatoms. The summed E-state index contributed by atoms with van der Waals surface area (Å²) in [6.45, 7) is 8.82. The maximum absolute atomic E-state index is 5.05. The molecule has 0 spiro atoms. The van der Waals surface area contributed by atoms with Gasteiger partial charge in [-0.1, -0.05) is 172 Å². The molecule has 0 saturated heterocycles. The molecule has 0 radical (unpaired) electrons. The van der Waals surface area contributed by atoms with E-state index in [0.717, 1.165) is 48.5 Å². The molecule has 0 unspecified atom stereocenters. The third-order valence-corrected chi connectivity index (χ3v) is 9.15. The molecule has 0 saturated carbocycles. The van der Waals surface area contributed by atoms with E-state index in [-0.39, 0.29) is 0 Å². The molecular weight excluding hydrogens is 556 g/mol. The Hall–Kier alpha value is -2.66. The molecule has 254 valence electrons. The van der Waals surface area contributed by atoms with Gasteiger partial charge in [-0.2, -0.15) is 0 Å². The van der Waals surface area contributed by atoms with Crippen LogP contribution in [0, 0.1) is 25.7 Å². The minimum Gasteiger partial charge on any atom is -0.251 e. The van der Waals surface area contributed by atoms with E-state index in [0.29, 0.717) is 0 Å². The van der Waals surface area contributed by atoms with Crippen LogP contribution in [0.5, 0.6) is 0 Å². The van der Waals surface area contributed by atoms with Gasteiger partial charge in [-0.25, -0.2) is 4.99 Å². The van der Waals surface area contributed by atoms with Crippen LogP contribution < -0.4 is 0 Å². The smallest absolute Gasteiger partial charge is 0.135 e. The lowest BCUT2D eigenvalue weighted by molar-refractivity contribution is 0.522. The fourth-order valence-corrected chi connectivity index (χ4v) is 5.93. The molecule has 2 aromatic rings. The first-order chi connectivity index (χ1) is 22.6. The van der Waals surface area contributed by atoms with Crippen molar-refractivity contribution in [3.63, 3.8) is 0 Å². The van der Waals surface area contributed by atoms with Gasteiger partial charge in [0.15, 0.2) is 0 Å². The fraction of sp³-hybridized carbons (Fsp3) is 0.636. The topological polar surface area (TPSA) is 24.7 Å². The number of aryl methyl sites for hydroxylation is 2. The van der Waals surface area contributed by atoms with Crippen molar-refractivity contribution in [2.45, 2.75) is 182 Å². The summed E-state index contributed by atoms with van der Waals surface area (Å²) in [5, 5.41) is 0. The first-order valence-corrected chi connectivity index (χ1v) is 19.4. The average Bonchev–Trinajstić information content (AvgIpc) is 3.07. The van der Waals surface area contributed by atoms with Crippen LogP contribution in [0.4, 0.5) is 11.4 Å². The van der Waals surface area contributed by atoms with Gasteiger partial charge in [0.25, 0.3) is 0 Å². The molecular formula is C44H68N2. The SMILES string of the molecule is CCCCCCCCCCCCCCCCCCCCCCC#CC(=Nc1ccc(C)c(C)c1)C(CCCC)=Nc1ccccc1. The number of para-hydroxylation sites is 1. The van der Waals surface area contributed by atoms with Crippen molar-refractivity contribution in [3.05, 3.63) is 59.7 Å². The Morgan fingerprint density at radius 2 is 1.00 bits per heavy atom. The standard InChI is InChI=1S/C44H68N2/c1-5-7-9-10-11-12-13-14-15-16-17-18-19-20-21-22-23-24-25-26-27-31-35-44(46-42-37-36-39(3)40(4)38-42)43(34-8-6-2)45-41-32-29-28-30-33-41/h28-30,32-33,36-38H,5-27,34H2,1-4H3. The monoisotopic (exact) mass is 625 g/mol. The number of rotatable bonds is 26. The van der Waals surface area contributed by atoms with E-state index < -0.39 is 0 Å². The van der Waals surface area contributed by atoms with E-state index in [4.69, 9.17) is 9.98 Å². The van der Waals surface area contributed by atoms with Crippen LogP contribution in [-0.4, -0.2) is 11.4 Å². The lowest BCUT2D eigenvalue weighted by Crippen LogP contribution is -2.12. The highest BCUT2D eigenvalue weighted by Gasteiger charge is 2.09. The van der Waals surface area contributed by atoms with Crippen LogP contribution in [0.25, 0.3) is 0 Å². The van der Waals surface area contributed by atoms with Crippen LogP contribution in [0.1, 0.15) is 179 Å². The van der Waals surface area contributed by atoms with Gasteiger partial charge in [-0.05, 0) is 74.4 Å². The summed E-state index contributed by atoms with van der Waals surface area (Å²) in [4.78, 5) is 10.1. The van der Waals surface area contributed by atoms with Crippen LogP contribution >= 0.6 is 0 Å². The zero-order valence-electron chi connectivity index (χ0n) is 30.5. The normalized spacial score (nSPS) is 11.9. The van der Waals surface area contributed by atoms with Crippen molar-refractivity contribution in [2.24, 2.45) is 9.98 Å². The van der Waals surface area contributed by atoms with Crippen molar-refractivity contribution >= 4 is 22.8 Å².